The van der Waals surface area contributed by atoms with Crippen molar-refractivity contribution >= 4 is 5.95 Å². The quantitative estimate of drug-likeness (QED) is 0.889. The van der Waals surface area contributed by atoms with Crippen LogP contribution in [0.3, 0.4) is 0 Å². The molecule has 18 heavy (non-hydrogen) atoms. The van der Waals surface area contributed by atoms with Gasteiger partial charge in [0.1, 0.15) is 11.4 Å². The van der Waals surface area contributed by atoms with Crippen molar-refractivity contribution in [2.45, 2.75) is 51.6 Å². The Morgan fingerprint density at radius 3 is 2.50 bits per heavy atom. The predicted molar refractivity (Wildman–Crippen MR) is 69.9 cm³/mol. The third kappa shape index (κ3) is 2.46. The van der Waals surface area contributed by atoms with Crippen LogP contribution in [-0.4, -0.2) is 22.1 Å². The highest BCUT2D eigenvalue weighted by atomic mass is 16.5. The summed E-state index contributed by atoms with van der Waals surface area (Å²) in [6.45, 7) is 4.29. The molecule has 2 rings (SSSR count). The Kier molecular flexibility index (Phi) is 3.80. The molecule has 0 bridgehead atoms. The third-order valence-corrected chi connectivity index (χ3v) is 3.90. The maximum absolute atomic E-state index is 5.76. The van der Waals surface area contributed by atoms with Gasteiger partial charge in [-0.25, -0.2) is 4.98 Å². The zero-order chi connectivity index (χ0) is 13.2. The fraction of sp³-hybridized carbons (Fsp3) is 0.769. The van der Waals surface area contributed by atoms with Gasteiger partial charge in [-0.05, 0) is 31.6 Å². The van der Waals surface area contributed by atoms with Gasteiger partial charge in [-0.2, -0.15) is 9.97 Å². The van der Waals surface area contributed by atoms with E-state index in [0.717, 1.165) is 43.8 Å². The molecule has 0 aliphatic heterocycles. The van der Waals surface area contributed by atoms with Crippen LogP contribution in [0.2, 0.25) is 0 Å². The number of hydrogen-bond acceptors (Lipinski definition) is 5. The van der Waals surface area contributed by atoms with Crippen LogP contribution in [0.25, 0.3) is 0 Å². The Hall–Kier alpha value is -1.23. The Bertz CT molecular complexity index is 413. The normalized spacial score (nSPS) is 28.3. The van der Waals surface area contributed by atoms with Crippen LogP contribution in [0.4, 0.5) is 5.95 Å². The molecule has 1 fully saturated rings. The lowest BCUT2D eigenvalue weighted by atomic mass is 9.79. The van der Waals surface area contributed by atoms with E-state index in [1.54, 1.807) is 7.11 Å². The van der Waals surface area contributed by atoms with Crippen LogP contribution in [-0.2, 0) is 16.8 Å². The van der Waals surface area contributed by atoms with Gasteiger partial charge in [-0.15, -0.1) is 0 Å². The van der Waals surface area contributed by atoms with E-state index < -0.39 is 0 Å². The maximum Gasteiger partial charge on any atom is 0.223 e. The van der Waals surface area contributed by atoms with Crippen molar-refractivity contribution in [3.63, 3.8) is 0 Å². The first-order valence-electron chi connectivity index (χ1n) is 6.65. The summed E-state index contributed by atoms with van der Waals surface area (Å²) in [5, 5.41) is 0. The summed E-state index contributed by atoms with van der Waals surface area (Å²) in [4.78, 5) is 12.9. The molecule has 0 spiro atoms. The van der Waals surface area contributed by atoms with Crippen molar-refractivity contribution in [1.82, 2.24) is 15.0 Å². The van der Waals surface area contributed by atoms with Gasteiger partial charge in [0.25, 0.3) is 0 Å². The second kappa shape index (κ2) is 5.18. The molecular weight excluding hydrogens is 228 g/mol. The molecule has 0 radical (unpaired) electrons. The Morgan fingerprint density at radius 1 is 1.28 bits per heavy atom. The first-order valence-corrected chi connectivity index (χ1v) is 6.65. The lowest BCUT2D eigenvalue weighted by Crippen LogP contribution is -2.35. The summed E-state index contributed by atoms with van der Waals surface area (Å²) >= 11 is 0. The molecule has 100 valence electrons. The Labute approximate surface area is 108 Å². The molecular formula is C13H22N4O. The zero-order valence-electron chi connectivity index (χ0n) is 11.4. The molecule has 1 aliphatic carbocycles. The van der Waals surface area contributed by atoms with Crippen molar-refractivity contribution in [1.29, 1.82) is 0 Å². The number of hydrogen-bond donors (Lipinski definition) is 1. The third-order valence-electron chi connectivity index (χ3n) is 3.90. The molecule has 1 saturated carbocycles. The zero-order valence-corrected chi connectivity index (χ0v) is 11.4. The van der Waals surface area contributed by atoms with Crippen molar-refractivity contribution in [3.8, 4) is 0 Å². The number of ether oxygens (including phenoxy) is 1. The maximum atomic E-state index is 5.76. The molecule has 5 heteroatoms. The Balaban J connectivity index is 2.35. The molecule has 0 amide bonds. The number of nitrogens with two attached hydrogens (primary N) is 1. The minimum absolute atomic E-state index is 0.298. The highest BCUT2D eigenvalue weighted by Gasteiger charge is 2.39. The average Bonchev–Trinajstić information content (AvgIpc) is 2.39. The van der Waals surface area contributed by atoms with Gasteiger partial charge in [0.2, 0.25) is 5.95 Å². The summed E-state index contributed by atoms with van der Waals surface area (Å²) in [5.74, 6) is 2.50. The van der Waals surface area contributed by atoms with Crippen molar-refractivity contribution in [2.75, 3.05) is 12.8 Å². The van der Waals surface area contributed by atoms with E-state index in [0.29, 0.717) is 11.8 Å². The molecule has 1 heterocycles. The van der Waals surface area contributed by atoms with Gasteiger partial charge in [0.05, 0.1) is 0 Å². The van der Waals surface area contributed by atoms with Crippen molar-refractivity contribution in [2.24, 2.45) is 5.92 Å². The SMILES string of the molecule is CCc1nc(N)nc(C2(OC)CCC(C)CC2)n1. The second-order valence-corrected chi connectivity index (χ2v) is 5.17. The topological polar surface area (TPSA) is 73.9 Å². The van der Waals surface area contributed by atoms with Gasteiger partial charge < -0.3 is 10.5 Å². The van der Waals surface area contributed by atoms with Crippen LogP contribution < -0.4 is 5.73 Å². The molecule has 1 aliphatic rings. The molecule has 2 N–H and O–H groups in total. The largest absolute Gasteiger partial charge is 0.370 e. The van der Waals surface area contributed by atoms with E-state index in [1.807, 2.05) is 6.92 Å². The number of nitrogen functional groups attached to an aromatic ring is 1. The number of aryl methyl sites for hydroxylation is 1. The van der Waals surface area contributed by atoms with E-state index in [1.165, 1.54) is 0 Å². The van der Waals surface area contributed by atoms with E-state index in [-0.39, 0.29) is 5.60 Å². The molecule has 0 aromatic carbocycles. The lowest BCUT2D eigenvalue weighted by Gasteiger charge is -2.36. The fourth-order valence-electron chi connectivity index (χ4n) is 2.55. The number of aromatic nitrogens is 3. The van der Waals surface area contributed by atoms with Crippen molar-refractivity contribution < 1.29 is 4.74 Å². The van der Waals surface area contributed by atoms with Crippen LogP contribution >= 0.6 is 0 Å². The first-order chi connectivity index (χ1) is 8.59. The number of methoxy groups -OCH3 is 1. The van der Waals surface area contributed by atoms with Gasteiger partial charge in [0, 0.05) is 13.5 Å². The molecule has 1 aromatic rings. The molecule has 5 nitrogen and oxygen atoms in total. The smallest absolute Gasteiger partial charge is 0.223 e. The van der Waals surface area contributed by atoms with E-state index >= 15 is 0 Å². The highest BCUT2D eigenvalue weighted by molar-refractivity contribution is 5.19. The van der Waals surface area contributed by atoms with Gasteiger partial charge in [-0.1, -0.05) is 13.8 Å². The lowest BCUT2D eigenvalue weighted by molar-refractivity contribution is -0.0599. The Morgan fingerprint density at radius 2 is 1.94 bits per heavy atom. The number of anilines is 1. The van der Waals surface area contributed by atoms with Crippen LogP contribution in [0.5, 0.6) is 0 Å². The standard InChI is InChI=1S/C13H22N4O/c1-4-10-15-11(17-12(14)16-10)13(18-3)7-5-9(2)6-8-13/h9H,4-8H2,1-3H3,(H2,14,15,16,17). The van der Waals surface area contributed by atoms with Gasteiger partial charge >= 0.3 is 0 Å². The highest BCUT2D eigenvalue weighted by Crippen LogP contribution is 2.40. The number of rotatable bonds is 3. The van der Waals surface area contributed by atoms with Crippen molar-refractivity contribution in [3.05, 3.63) is 11.6 Å². The minimum Gasteiger partial charge on any atom is -0.370 e. The number of nitrogens with zero attached hydrogens (tertiary/aromatic N) is 3. The summed E-state index contributed by atoms with van der Waals surface area (Å²) in [5.41, 5.74) is 5.40. The predicted octanol–water partition coefficient (Wildman–Crippen LogP) is 2.07. The summed E-state index contributed by atoms with van der Waals surface area (Å²) < 4.78 is 5.76. The second-order valence-electron chi connectivity index (χ2n) is 5.17. The van der Waals surface area contributed by atoms with Gasteiger partial charge in [-0.3, -0.25) is 0 Å². The average molecular weight is 250 g/mol. The van der Waals surface area contributed by atoms with Crippen LogP contribution in [0.15, 0.2) is 0 Å². The summed E-state index contributed by atoms with van der Waals surface area (Å²) in [6.07, 6.45) is 4.95. The first kappa shape index (κ1) is 13.2. The fourth-order valence-corrected chi connectivity index (χ4v) is 2.55. The summed E-state index contributed by atoms with van der Waals surface area (Å²) in [7, 11) is 1.74. The molecule has 1 aromatic heterocycles. The summed E-state index contributed by atoms with van der Waals surface area (Å²) in [6, 6.07) is 0. The monoisotopic (exact) mass is 250 g/mol. The van der Waals surface area contributed by atoms with Crippen LogP contribution in [0.1, 0.15) is 51.2 Å². The van der Waals surface area contributed by atoms with Gasteiger partial charge in [0.15, 0.2) is 5.82 Å². The van der Waals surface area contributed by atoms with E-state index in [4.69, 9.17) is 10.5 Å². The van der Waals surface area contributed by atoms with E-state index in [2.05, 4.69) is 21.9 Å². The van der Waals surface area contributed by atoms with Crippen LogP contribution in [0, 0.1) is 5.92 Å². The van der Waals surface area contributed by atoms with E-state index in [9.17, 15) is 0 Å². The minimum atomic E-state index is -0.368. The molecule has 0 unspecified atom stereocenters. The molecule has 0 atom stereocenters. The molecule has 0 saturated heterocycles.